The fraction of sp³-hybridized carbons (Fsp3) is 0.0769. The summed E-state index contributed by atoms with van der Waals surface area (Å²) in [5, 5.41) is 4.59. The Morgan fingerprint density at radius 1 is 0.724 bits per heavy atom. The maximum absolute atomic E-state index is 5.12. The van der Waals surface area contributed by atoms with Gasteiger partial charge in [0.1, 0.15) is 5.65 Å². The molecular weight excluding hydrogens is 354 g/mol. The summed E-state index contributed by atoms with van der Waals surface area (Å²) >= 11 is 0. The second-order valence-corrected chi connectivity index (χ2v) is 7.67. The molecule has 138 valence electrons. The highest BCUT2D eigenvalue weighted by atomic mass is 15.0. The van der Waals surface area contributed by atoms with E-state index in [1.807, 2.05) is 6.20 Å². The first-order valence-corrected chi connectivity index (χ1v) is 9.86. The first-order chi connectivity index (χ1) is 14.2. The van der Waals surface area contributed by atoms with Crippen molar-refractivity contribution in [2.24, 2.45) is 0 Å². The molecule has 0 fully saturated rings. The first-order valence-electron chi connectivity index (χ1n) is 9.86. The molecule has 6 rings (SSSR count). The monoisotopic (exact) mass is 373 g/mol. The molecule has 0 saturated heterocycles. The standard InChI is InChI=1S/C26H19N3/c1-16-8-7-9-17(2)23(16)22-15-29-25-19-11-4-3-10-18(19)14-27-24(25)20-12-5-6-13-21(20)26(29)28-22/h3-15H,1-2H3. The SMILES string of the molecule is Cc1cccc(C)c1-c1cn2c(n1)c1ccccc1c1ncc3ccccc3c12. The summed E-state index contributed by atoms with van der Waals surface area (Å²) in [6.45, 7) is 4.30. The van der Waals surface area contributed by atoms with Crippen LogP contribution >= 0.6 is 0 Å². The highest BCUT2D eigenvalue weighted by Gasteiger charge is 2.16. The third-order valence-corrected chi connectivity index (χ3v) is 5.88. The second kappa shape index (κ2) is 5.89. The number of fused-ring (bicyclic) bond motifs is 8. The number of pyridine rings is 2. The van der Waals surface area contributed by atoms with Gasteiger partial charge in [0.05, 0.1) is 16.7 Å². The van der Waals surface area contributed by atoms with Crippen molar-refractivity contribution < 1.29 is 0 Å². The van der Waals surface area contributed by atoms with Gasteiger partial charge in [-0.05, 0) is 25.0 Å². The summed E-state index contributed by atoms with van der Waals surface area (Å²) in [4.78, 5) is 9.98. The first kappa shape index (κ1) is 16.3. The zero-order chi connectivity index (χ0) is 19.5. The maximum atomic E-state index is 5.12. The topological polar surface area (TPSA) is 30.2 Å². The molecule has 0 saturated carbocycles. The molecule has 0 spiro atoms. The fourth-order valence-corrected chi connectivity index (χ4v) is 4.55. The average Bonchev–Trinajstić information content (AvgIpc) is 3.18. The third-order valence-electron chi connectivity index (χ3n) is 5.88. The van der Waals surface area contributed by atoms with Gasteiger partial charge in [-0.25, -0.2) is 4.98 Å². The normalized spacial score (nSPS) is 11.8. The number of aryl methyl sites for hydroxylation is 2. The summed E-state index contributed by atoms with van der Waals surface area (Å²) in [5.41, 5.74) is 7.80. The molecule has 3 aromatic heterocycles. The number of benzene rings is 3. The Morgan fingerprint density at radius 3 is 2.21 bits per heavy atom. The van der Waals surface area contributed by atoms with Crippen LogP contribution in [0.15, 0.2) is 79.1 Å². The Bertz CT molecular complexity index is 1550. The molecule has 3 heteroatoms. The van der Waals surface area contributed by atoms with Crippen LogP contribution in [0.2, 0.25) is 0 Å². The van der Waals surface area contributed by atoms with E-state index in [4.69, 9.17) is 9.97 Å². The van der Waals surface area contributed by atoms with Gasteiger partial charge in [0.25, 0.3) is 0 Å². The average molecular weight is 373 g/mol. The van der Waals surface area contributed by atoms with Gasteiger partial charge in [0.2, 0.25) is 0 Å². The lowest BCUT2D eigenvalue weighted by atomic mass is 10.0. The van der Waals surface area contributed by atoms with Gasteiger partial charge >= 0.3 is 0 Å². The van der Waals surface area contributed by atoms with Crippen molar-refractivity contribution in [3.05, 3.63) is 90.3 Å². The van der Waals surface area contributed by atoms with E-state index in [-0.39, 0.29) is 0 Å². The number of aromatic nitrogens is 3. The van der Waals surface area contributed by atoms with E-state index in [0.29, 0.717) is 0 Å². The Labute approximate surface area is 168 Å². The van der Waals surface area contributed by atoms with Crippen LogP contribution in [0.5, 0.6) is 0 Å². The van der Waals surface area contributed by atoms with E-state index in [1.54, 1.807) is 0 Å². The number of imidazole rings is 1. The van der Waals surface area contributed by atoms with Gasteiger partial charge in [-0.15, -0.1) is 0 Å². The zero-order valence-electron chi connectivity index (χ0n) is 16.3. The Kier molecular flexibility index (Phi) is 3.30. The summed E-state index contributed by atoms with van der Waals surface area (Å²) in [7, 11) is 0. The van der Waals surface area contributed by atoms with Crippen LogP contribution in [0.4, 0.5) is 0 Å². The number of nitrogens with zero attached hydrogens (tertiary/aromatic N) is 3. The molecule has 0 aliphatic rings. The quantitative estimate of drug-likeness (QED) is 0.309. The highest BCUT2D eigenvalue weighted by Crippen LogP contribution is 2.35. The van der Waals surface area contributed by atoms with Gasteiger partial charge in [-0.1, -0.05) is 66.7 Å². The van der Waals surface area contributed by atoms with Crippen molar-refractivity contribution in [3.8, 4) is 11.3 Å². The molecule has 0 aliphatic heterocycles. The molecule has 0 amide bonds. The predicted molar refractivity (Wildman–Crippen MR) is 120 cm³/mol. The molecule has 6 aromatic rings. The molecular formula is C26H19N3. The van der Waals surface area contributed by atoms with Crippen molar-refractivity contribution in [2.45, 2.75) is 13.8 Å². The van der Waals surface area contributed by atoms with Crippen molar-refractivity contribution in [1.29, 1.82) is 0 Å². The van der Waals surface area contributed by atoms with Gasteiger partial charge < -0.3 is 0 Å². The minimum absolute atomic E-state index is 0.976. The van der Waals surface area contributed by atoms with Crippen LogP contribution in [0.25, 0.3) is 49.5 Å². The maximum Gasteiger partial charge on any atom is 0.146 e. The van der Waals surface area contributed by atoms with Crippen molar-refractivity contribution in [1.82, 2.24) is 14.4 Å². The van der Waals surface area contributed by atoms with Gasteiger partial charge in [0, 0.05) is 39.5 Å². The summed E-state index contributed by atoms with van der Waals surface area (Å²) in [6, 6.07) is 23.3. The highest BCUT2D eigenvalue weighted by molar-refractivity contribution is 6.17. The van der Waals surface area contributed by atoms with Crippen molar-refractivity contribution >= 4 is 38.2 Å². The van der Waals surface area contributed by atoms with Crippen LogP contribution in [-0.2, 0) is 0 Å². The molecule has 0 aliphatic carbocycles. The largest absolute Gasteiger partial charge is 0.296 e. The lowest BCUT2D eigenvalue weighted by Gasteiger charge is -2.09. The predicted octanol–water partition coefficient (Wildman–Crippen LogP) is 6.47. The molecule has 29 heavy (non-hydrogen) atoms. The lowest BCUT2D eigenvalue weighted by Crippen LogP contribution is -1.93. The fourth-order valence-electron chi connectivity index (χ4n) is 4.55. The van der Waals surface area contributed by atoms with Crippen molar-refractivity contribution in [3.63, 3.8) is 0 Å². The van der Waals surface area contributed by atoms with E-state index in [2.05, 4.69) is 91.2 Å². The van der Waals surface area contributed by atoms with E-state index < -0.39 is 0 Å². The number of hydrogen-bond acceptors (Lipinski definition) is 2. The minimum Gasteiger partial charge on any atom is -0.296 e. The van der Waals surface area contributed by atoms with Gasteiger partial charge in [0.15, 0.2) is 0 Å². The number of hydrogen-bond donors (Lipinski definition) is 0. The van der Waals surface area contributed by atoms with Crippen LogP contribution in [0.1, 0.15) is 11.1 Å². The zero-order valence-corrected chi connectivity index (χ0v) is 16.3. The summed E-state index contributed by atoms with van der Waals surface area (Å²) in [5.74, 6) is 0. The van der Waals surface area contributed by atoms with Crippen LogP contribution in [-0.4, -0.2) is 14.4 Å². The van der Waals surface area contributed by atoms with E-state index in [0.717, 1.165) is 38.5 Å². The minimum atomic E-state index is 0.976. The van der Waals surface area contributed by atoms with Crippen LogP contribution in [0.3, 0.4) is 0 Å². The molecule has 3 nitrogen and oxygen atoms in total. The Balaban J connectivity index is 1.87. The molecule has 0 radical (unpaired) electrons. The number of rotatable bonds is 1. The molecule has 3 heterocycles. The Morgan fingerprint density at radius 2 is 1.41 bits per heavy atom. The van der Waals surface area contributed by atoms with E-state index in [1.165, 1.54) is 22.1 Å². The molecule has 3 aromatic carbocycles. The van der Waals surface area contributed by atoms with E-state index in [9.17, 15) is 0 Å². The van der Waals surface area contributed by atoms with Crippen LogP contribution in [0, 0.1) is 13.8 Å². The van der Waals surface area contributed by atoms with E-state index >= 15 is 0 Å². The molecule has 0 atom stereocenters. The van der Waals surface area contributed by atoms with Gasteiger partial charge in [-0.3, -0.25) is 9.38 Å². The summed E-state index contributed by atoms with van der Waals surface area (Å²) in [6.07, 6.45) is 4.15. The Hall–Kier alpha value is -3.72. The van der Waals surface area contributed by atoms with Crippen LogP contribution < -0.4 is 0 Å². The van der Waals surface area contributed by atoms with Gasteiger partial charge in [-0.2, -0.15) is 0 Å². The summed E-state index contributed by atoms with van der Waals surface area (Å²) < 4.78 is 2.23. The second-order valence-electron chi connectivity index (χ2n) is 7.67. The van der Waals surface area contributed by atoms with Crippen molar-refractivity contribution in [2.75, 3.05) is 0 Å². The molecule has 0 bridgehead atoms. The molecule has 0 N–H and O–H groups in total. The third kappa shape index (κ3) is 2.24. The lowest BCUT2D eigenvalue weighted by molar-refractivity contribution is 1.26. The molecule has 0 unspecified atom stereocenters. The smallest absolute Gasteiger partial charge is 0.146 e.